The van der Waals surface area contributed by atoms with Crippen LogP contribution in [0.25, 0.3) is 0 Å². The average Bonchev–Trinajstić information content (AvgIpc) is 2.59. The van der Waals surface area contributed by atoms with Crippen molar-refractivity contribution in [1.29, 1.82) is 0 Å². The molecule has 1 aliphatic heterocycles. The predicted octanol–water partition coefficient (Wildman–Crippen LogP) is 2.71. The number of halogens is 1. The Bertz CT molecular complexity index is 431. The Morgan fingerprint density at radius 2 is 2.25 bits per heavy atom. The molecule has 0 saturated carbocycles. The second kappa shape index (κ2) is 4.34. The molecule has 4 heteroatoms. The lowest BCUT2D eigenvalue weighted by atomic mass is 10.1. The highest BCUT2D eigenvalue weighted by Crippen LogP contribution is 2.35. The van der Waals surface area contributed by atoms with Crippen LogP contribution in [-0.2, 0) is 6.54 Å². The van der Waals surface area contributed by atoms with E-state index in [-0.39, 0.29) is 5.91 Å². The smallest absolute Gasteiger partial charge is 0.254 e. The summed E-state index contributed by atoms with van der Waals surface area (Å²) in [5.74, 6) is 0.702. The third-order valence-electron chi connectivity index (χ3n) is 2.79. The summed E-state index contributed by atoms with van der Waals surface area (Å²) < 4.78 is 5.14. The van der Waals surface area contributed by atoms with Crippen LogP contribution < -0.4 is 4.74 Å². The minimum atomic E-state index is 0.0707. The summed E-state index contributed by atoms with van der Waals surface area (Å²) in [6.07, 6.45) is 0.953. The third kappa shape index (κ3) is 1.65. The van der Waals surface area contributed by atoms with Gasteiger partial charge >= 0.3 is 0 Å². The first-order valence-corrected chi connectivity index (χ1v) is 5.71. The summed E-state index contributed by atoms with van der Waals surface area (Å²) in [6.45, 7) is 3.42. The normalized spacial score (nSPS) is 14.2. The number of carbonyl (C=O) groups excluding carboxylic acids is 1. The molecule has 1 heterocycles. The Labute approximate surface area is 100.0 Å². The zero-order valence-corrected chi connectivity index (χ0v) is 10.2. The first kappa shape index (κ1) is 11.3. The third-order valence-corrected chi connectivity index (χ3v) is 3.20. The molecule has 0 aromatic heterocycles. The van der Waals surface area contributed by atoms with Gasteiger partial charge in [0.1, 0.15) is 5.75 Å². The number of ether oxygens (including phenoxy) is 1. The minimum absolute atomic E-state index is 0.0707. The van der Waals surface area contributed by atoms with E-state index in [1.807, 2.05) is 4.90 Å². The van der Waals surface area contributed by atoms with Crippen LogP contribution >= 0.6 is 11.6 Å². The van der Waals surface area contributed by atoms with E-state index in [4.69, 9.17) is 16.3 Å². The lowest BCUT2D eigenvalue weighted by Crippen LogP contribution is -2.24. The fourth-order valence-electron chi connectivity index (χ4n) is 2.00. The van der Waals surface area contributed by atoms with Crippen LogP contribution in [0.5, 0.6) is 5.75 Å². The predicted molar refractivity (Wildman–Crippen MR) is 63.0 cm³/mol. The number of nitrogens with zero attached hydrogens (tertiary/aromatic N) is 1. The van der Waals surface area contributed by atoms with Crippen LogP contribution in [0.4, 0.5) is 0 Å². The Kier molecular flexibility index (Phi) is 3.06. The van der Waals surface area contributed by atoms with Crippen molar-refractivity contribution >= 4 is 17.5 Å². The molecule has 0 aliphatic carbocycles. The van der Waals surface area contributed by atoms with Crippen molar-refractivity contribution in [1.82, 2.24) is 4.90 Å². The first-order chi connectivity index (χ1) is 7.69. The molecule has 1 aliphatic rings. The highest BCUT2D eigenvalue weighted by molar-refractivity contribution is 6.33. The minimum Gasteiger partial charge on any atom is -0.495 e. The number of methoxy groups -OCH3 is 1. The molecule has 1 aromatic rings. The van der Waals surface area contributed by atoms with E-state index >= 15 is 0 Å². The monoisotopic (exact) mass is 239 g/mol. The molecule has 0 N–H and O–H groups in total. The summed E-state index contributed by atoms with van der Waals surface area (Å²) in [6, 6.07) is 3.53. The Hall–Kier alpha value is -1.22. The van der Waals surface area contributed by atoms with Gasteiger partial charge in [-0.2, -0.15) is 0 Å². The van der Waals surface area contributed by atoms with Crippen molar-refractivity contribution in [2.24, 2.45) is 0 Å². The highest BCUT2D eigenvalue weighted by atomic mass is 35.5. The molecule has 16 heavy (non-hydrogen) atoms. The summed E-state index contributed by atoms with van der Waals surface area (Å²) in [7, 11) is 1.58. The fraction of sp³-hybridized carbons (Fsp3) is 0.417. The molecule has 0 spiro atoms. The molecular formula is C12H14ClNO2. The van der Waals surface area contributed by atoms with Gasteiger partial charge in [0.2, 0.25) is 0 Å². The fourth-order valence-corrected chi connectivity index (χ4v) is 2.30. The van der Waals surface area contributed by atoms with Crippen molar-refractivity contribution in [3.63, 3.8) is 0 Å². The Balaban J connectivity index is 2.39. The van der Waals surface area contributed by atoms with Crippen LogP contribution in [0.15, 0.2) is 12.1 Å². The summed E-state index contributed by atoms with van der Waals surface area (Å²) in [4.78, 5) is 13.8. The summed E-state index contributed by atoms with van der Waals surface area (Å²) >= 11 is 6.18. The van der Waals surface area contributed by atoms with Gasteiger partial charge in [0.15, 0.2) is 0 Å². The van der Waals surface area contributed by atoms with Gasteiger partial charge in [-0.1, -0.05) is 18.5 Å². The van der Waals surface area contributed by atoms with Crippen molar-refractivity contribution in [2.45, 2.75) is 19.9 Å². The van der Waals surface area contributed by atoms with E-state index in [9.17, 15) is 4.79 Å². The molecule has 86 valence electrons. The maximum absolute atomic E-state index is 12.0. The van der Waals surface area contributed by atoms with Crippen LogP contribution in [0.1, 0.15) is 29.3 Å². The van der Waals surface area contributed by atoms with Gasteiger partial charge in [0.05, 0.1) is 12.1 Å². The van der Waals surface area contributed by atoms with E-state index in [1.54, 1.807) is 19.2 Å². The summed E-state index contributed by atoms with van der Waals surface area (Å²) in [5, 5.41) is 0.562. The average molecular weight is 240 g/mol. The molecule has 1 aromatic carbocycles. The quantitative estimate of drug-likeness (QED) is 0.812. The SMILES string of the molecule is CCCN1Cc2c(ccc(OC)c2Cl)C1=O. The van der Waals surface area contributed by atoms with Crippen molar-refractivity contribution in [2.75, 3.05) is 13.7 Å². The number of amides is 1. The van der Waals surface area contributed by atoms with E-state index in [2.05, 4.69) is 6.92 Å². The molecule has 2 rings (SSSR count). The van der Waals surface area contributed by atoms with Gasteiger partial charge in [-0.25, -0.2) is 0 Å². The van der Waals surface area contributed by atoms with E-state index in [0.717, 1.165) is 18.5 Å². The van der Waals surface area contributed by atoms with Gasteiger partial charge in [-0.05, 0) is 18.6 Å². The topological polar surface area (TPSA) is 29.5 Å². The number of benzene rings is 1. The van der Waals surface area contributed by atoms with Crippen LogP contribution in [0.2, 0.25) is 5.02 Å². The van der Waals surface area contributed by atoms with Crippen molar-refractivity contribution in [3.8, 4) is 5.75 Å². The number of carbonyl (C=O) groups is 1. The van der Waals surface area contributed by atoms with E-state index in [0.29, 0.717) is 22.9 Å². The number of fused-ring (bicyclic) bond motifs is 1. The van der Waals surface area contributed by atoms with E-state index in [1.165, 1.54) is 0 Å². The van der Waals surface area contributed by atoms with Gasteiger partial charge in [0, 0.05) is 24.2 Å². The zero-order chi connectivity index (χ0) is 11.7. The highest BCUT2D eigenvalue weighted by Gasteiger charge is 2.29. The maximum Gasteiger partial charge on any atom is 0.254 e. The molecular weight excluding hydrogens is 226 g/mol. The van der Waals surface area contributed by atoms with Gasteiger partial charge in [-0.3, -0.25) is 4.79 Å². The lowest BCUT2D eigenvalue weighted by molar-refractivity contribution is 0.0778. The molecule has 0 fully saturated rings. The molecule has 3 nitrogen and oxygen atoms in total. The van der Waals surface area contributed by atoms with Crippen LogP contribution in [0.3, 0.4) is 0 Å². The van der Waals surface area contributed by atoms with Crippen LogP contribution in [-0.4, -0.2) is 24.5 Å². The van der Waals surface area contributed by atoms with Crippen LogP contribution in [0, 0.1) is 0 Å². The molecule has 0 radical (unpaired) electrons. The molecule has 1 amide bonds. The number of hydrogen-bond acceptors (Lipinski definition) is 2. The largest absolute Gasteiger partial charge is 0.495 e. The standard InChI is InChI=1S/C12H14ClNO2/c1-3-6-14-7-9-8(12(14)15)4-5-10(16-2)11(9)13/h4-5H,3,6-7H2,1-2H3. The number of hydrogen-bond donors (Lipinski definition) is 0. The molecule has 0 atom stereocenters. The first-order valence-electron chi connectivity index (χ1n) is 5.33. The zero-order valence-electron chi connectivity index (χ0n) is 9.42. The van der Waals surface area contributed by atoms with Gasteiger partial charge < -0.3 is 9.64 Å². The Morgan fingerprint density at radius 3 is 2.88 bits per heavy atom. The summed E-state index contributed by atoms with van der Waals surface area (Å²) in [5.41, 5.74) is 1.60. The van der Waals surface area contributed by atoms with Crippen molar-refractivity contribution in [3.05, 3.63) is 28.3 Å². The second-order valence-corrected chi connectivity index (χ2v) is 4.21. The van der Waals surface area contributed by atoms with Crippen molar-refractivity contribution < 1.29 is 9.53 Å². The molecule has 0 unspecified atom stereocenters. The van der Waals surface area contributed by atoms with E-state index < -0.39 is 0 Å². The molecule has 0 bridgehead atoms. The number of rotatable bonds is 3. The van der Waals surface area contributed by atoms with Gasteiger partial charge in [0.25, 0.3) is 5.91 Å². The second-order valence-electron chi connectivity index (χ2n) is 3.83. The molecule has 0 saturated heterocycles. The van der Waals surface area contributed by atoms with Gasteiger partial charge in [-0.15, -0.1) is 0 Å². The lowest BCUT2D eigenvalue weighted by Gasteiger charge is -2.13. The maximum atomic E-state index is 12.0. The Morgan fingerprint density at radius 1 is 1.50 bits per heavy atom.